The van der Waals surface area contributed by atoms with Crippen molar-refractivity contribution in [2.75, 3.05) is 20.1 Å². The van der Waals surface area contributed by atoms with Crippen LogP contribution in [0.15, 0.2) is 29.9 Å². The minimum absolute atomic E-state index is 0.128. The molecule has 1 aliphatic carbocycles. The lowest BCUT2D eigenvalue weighted by Crippen LogP contribution is -2.33. The van der Waals surface area contributed by atoms with Crippen molar-refractivity contribution in [1.82, 2.24) is 19.4 Å². The molecule has 7 heteroatoms. The van der Waals surface area contributed by atoms with Crippen molar-refractivity contribution >= 4 is 10.0 Å². The summed E-state index contributed by atoms with van der Waals surface area (Å²) in [5, 5.41) is 7.09. The summed E-state index contributed by atoms with van der Waals surface area (Å²) in [5.74, 6) is 0. The van der Waals surface area contributed by atoms with Crippen molar-refractivity contribution in [2.24, 2.45) is 0 Å². The summed E-state index contributed by atoms with van der Waals surface area (Å²) in [6, 6.07) is 0.128. The van der Waals surface area contributed by atoms with Crippen molar-refractivity contribution in [1.29, 1.82) is 0 Å². The molecule has 0 aromatic carbocycles. The lowest BCUT2D eigenvalue weighted by Gasteiger charge is -2.18. The number of sulfonamides is 1. The first-order valence-corrected chi connectivity index (χ1v) is 7.83. The Labute approximate surface area is 114 Å². The predicted octanol–water partition coefficient (Wildman–Crippen LogP) is 0.442. The van der Waals surface area contributed by atoms with Gasteiger partial charge in [-0.05, 0) is 19.9 Å². The molecule has 1 saturated carbocycles. The van der Waals surface area contributed by atoms with Crippen LogP contribution < -0.4 is 5.32 Å². The molecular formula is C12H20N4O2S. The van der Waals surface area contributed by atoms with Crippen molar-refractivity contribution in [3.63, 3.8) is 0 Å². The molecule has 0 spiro atoms. The van der Waals surface area contributed by atoms with Crippen molar-refractivity contribution in [2.45, 2.75) is 30.3 Å². The molecule has 0 amide bonds. The van der Waals surface area contributed by atoms with Crippen LogP contribution in [-0.2, 0) is 16.6 Å². The van der Waals surface area contributed by atoms with Gasteiger partial charge in [0.05, 0.1) is 12.7 Å². The summed E-state index contributed by atoms with van der Waals surface area (Å²) < 4.78 is 28.2. The van der Waals surface area contributed by atoms with Crippen LogP contribution in [0, 0.1) is 0 Å². The molecule has 1 aliphatic rings. The maximum Gasteiger partial charge on any atom is 0.246 e. The van der Waals surface area contributed by atoms with Gasteiger partial charge in [-0.15, -0.1) is 6.58 Å². The maximum absolute atomic E-state index is 12.5. The molecule has 0 atom stereocenters. The SMILES string of the molecule is C=CCN(C1CC1)S(=O)(=O)c1cnn(CCNC)c1. The molecule has 1 fully saturated rings. The molecule has 0 aliphatic heterocycles. The van der Waals surface area contributed by atoms with E-state index in [1.54, 1.807) is 17.0 Å². The van der Waals surface area contributed by atoms with Crippen LogP contribution in [-0.4, -0.2) is 48.7 Å². The first-order chi connectivity index (χ1) is 9.09. The van der Waals surface area contributed by atoms with E-state index in [0.29, 0.717) is 13.1 Å². The van der Waals surface area contributed by atoms with E-state index in [-0.39, 0.29) is 10.9 Å². The maximum atomic E-state index is 12.5. The van der Waals surface area contributed by atoms with E-state index < -0.39 is 10.0 Å². The van der Waals surface area contributed by atoms with Gasteiger partial charge in [-0.2, -0.15) is 9.40 Å². The number of rotatable bonds is 8. The van der Waals surface area contributed by atoms with Crippen LogP contribution >= 0.6 is 0 Å². The molecule has 2 rings (SSSR count). The summed E-state index contributed by atoms with van der Waals surface area (Å²) in [7, 11) is -1.60. The fraction of sp³-hybridized carbons (Fsp3) is 0.583. The highest BCUT2D eigenvalue weighted by Gasteiger charge is 2.37. The lowest BCUT2D eigenvalue weighted by atomic mass is 10.6. The van der Waals surface area contributed by atoms with Crippen molar-refractivity contribution < 1.29 is 8.42 Å². The molecule has 1 aromatic rings. The second kappa shape index (κ2) is 5.85. The average molecular weight is 284 g/mol. The van der Waals surface area contributed by atoms with E-state index in [4.69, 9.17) is 0 Å². The first-order valence-electron chi connectivity index (χ1n) is 6.39. The Kier molecular flexibility index (Phi) is 4.38. The topological polar surface area (TPSA) is 67.2 Å². The van der Waals surface area contributed by atoms with E-state index >= 15 is 0 Å². The molecule has 0 saturated heterocycles. The number of hydrogen-bond donors (Lipinski definition) is 1. The second-order valence-corrected chi connectivity index (χ2v) is 6.53. The van der Waals surface area contributed by atoms with Crippen LogP contribution in [0.25, 0.3) is 0 Å². The Morgan fingerprint density at radius 2 is 2.37 bits per heavy atom. The van der Waals surface area contributed by atoms with Crippen LogP contribution in [0.2, 0.25) is 0 Å². The average Bonchev–Trinajstić information content (AvgIpc) is 3.10. The zero-order valence-electron chi connectivity index (χ0n) is 11.1. The summed E-state index contributed by atoms with van der Waals surface area (Å²) in [6.07, 6.45) is 6.50. The summed E-state index contributed by atoms with van der Waals surface area (Å²) in [4.78, 5) is 0.261. The first kappa shape index (κ1) is 14.2. The highest BCUT2D eigenvalue weighted by Crippen LogP contribution is 2.31. The van der Waals surface area contributed by atoms with Gasteiger partial charge in [-0.25, -0.2) is 8.42 Å². The Morgan fingerprint density at radius 3 is 2.95 bits per heavy atom. The van der Waals surface area contributed by atoms with Gasteiger partial charge < -0.3 is 5.32 Å². The van der Waals surface area contributed by atoms with E-state index in [2.05, 4.69) is 17.0 Å². The number of nitrogens with zero attached hydrogens (tertiary/aromatic N) is 3. The fourth-order valence-corrected chi connectivity index (χ4v) is 3.51. The minimum Gasteiger partial charge on any atom is -0.318 e. The number of hydrogen-bond acceptors (Lipinski definition) is 4. The second-order valence-electron chi connectivity index (χ2n) is 4.64. The highest BCUT2D eigenvalue weighted by molar-refractivity contribution is 7.89. The zero-order valence-corrected chi connectivity index (χ0v) is 11.9. The summed E-state index contributed by atoms with van der Waals surface area (Å²) in [6.45, 7) is 5.38. The molecular weight excluding hydrogens is 264 g/mol. The Hall–Kier alpha value is -1.18. The lowest BCUT2D eigenvalue weighted by molar-refractivity contribution is 0.436. The normalized spacial score (nSPS) is 15.9. The predicted molar refractivity (Wildman–Crippen MR) is 73.3 cm³/mol. The van der Waals surface area contributed by atoms with Gasteiger partial charge >= 0.3 is 0 Å². The van der Waals surface area contributed by atoms with Gasteiger partial charge in [0, 0.05) is 25.3 Å². The molecule has 0 bridgehead atoms. The van der Waals surface area contributed by atoms with E-state index in [9.17, 15) is 8.42 Å². The molecule has 19 heavy (non-hydrogen) atoms. The van der Waals surface area contributed by atoms with Gasteiger partial charge in [-0.3, -0.25) is 4.68 Å². The standard InChI is InChI=1S/C12H20N4O2S/c1-3-7-16(11-4-5-11)19(17,18)12-9-14-15(10-12)8-6-13-2/h3,9-11,13H,1,4-8H2,2H3. The molecule has 1 heterocycles. The molecule has 0 radical (unpaired) electrons. The summed E-state index contributed by atoms with van der Waals surface area (Å²) in [5.41, 5.74) is 0. The largest absolute Gasteiger partial charge is 0.318 e. The smallest absolute Gasteiger partial charge is 0.246 e. The third kappa shape index (κ3) is 3.23. The number of aromatic nitrogens is 2. The highest BCUT2D eigenvalue weighted by atomic mass is 32.2. The van der Waals surface area contributed by atoms with Gasteiger partial charge in [0.15, 0.2) is 0 Å². The third-order valence-corrected chi connectivity index (χ3v) is 4.94. The third-order valence-electron chi connectivity index (χ3n) is 3.07. The summed E-state index contributed by atoms with van der Waals surface area (Å²) >= 11 is 0. The molecule has 6 nitrogen and oxygen atoms in total. The van der Waals surface area contributed by atoms with E-state index in [1.807, 2.05) is 7.05 Å². The fourth-order valence-electron chi connectivity index (χ4n) is 1.90. The van der Waals surface area contributed by atoms with Crippen LogP contribution in [0.1, 0.15) is 12.8 Å². The van der Waals surface area contributed by atoms with Gasteiger partial charge in [-0.1, -0.05) is 6.08 Å². The van der Waals surface area contributed by atoms with Crippen molar-refractivity contribution in [3.8, 4) is 0 Å². The Morgan fingerprint density at radius 1 is 1.63 bits per heavy atom. The Bertz CT molecular complexity index is 534. The van der Waals surface area contributed by atoms with Crippen LogP contribution in [0.3, 0.4) is 0 Å². The minimum atomic E-state index is -3.45. The van der Waals surface area contributed by atoms with Gasteiger partial charge in [0.1, 0.15) is 4.90 Å². The van der Waals surface area contributed by atoms with Gasteiger partial charge in [0.2, 0.25) is 10.0 Å². The monoisotopic (exact) mass is 284 g/mol. The quantitative estimate of drug-likeness (QED) is 0.704. The van der Waals surface area contributed by atoms with Gasteiger partial charge in [0.25, 0.3) is 0 Å². The Balaban J connectivity index is 2.17. The van der Waals surface area contributed by atoms with Crippen LogP contribution in [0.5, 0.6) is 0 Å². The van der Waals surface area contributed by atoms with E-state index in [0.717, 1.165) is 19.4 Å². The molecule has 106 valence electrons. The van der Waals surface area contributed by atoms with Crippen LogP contribution in [0.4, 0.5) is 0 Å². The molecule has 1 N–H and O–H groups in total. The van der Waals surface area contributed by atoms with Crippen molar-refractivity contribution in [3.05, 3.63) is 25.0 Å². The van der Waals surface area contributed by atoms with E-state index in [1.165, 1.54) is 10.5 Å². The number of nitrogens with one attached hydrogen (secondary N) is 1. The molecule has 1 aromatic heterocycles. The number of likely N-dealkylation sites (N-methyl/N-ethyl adjacent to an activating group) is 1. The zero-order chi connectivity index (χ0) is 13.9. The molecule has 0 unspecified atom stereocenters.